The van der Waals surface area contributed by atoms with Gasteiger partial charge in [-0.3, -0.25) is 4.79 Å². The molecular weight excluding hydrogens is 264 g/mol. The molecule has 0 aliphatic carbocycles. The van der Waals surface area contributed by atoms with Crippen molar-refractivity contribution in [2.45, 2.75) is 19.1 Å². The molecule has 2 N–H and O–H groups in total. The number of nitrogens with one attached hydrogen (secondary N) is 1. The summed E-state index contributed by atoms with van der Waals surface area (Å²) in [5.74, 6) is -0.913. The van der Waals surface area contributed by atoms with Gasteiger partial charge in [-0.25, -0.2) is 4.79 Å². The van der Waals surface area contributed by atoms with Crippen molar-refractivity contribution in [2.75, 3.05) is 7.11 Å². The molecule has 0 bridgehead atoms. The van der Waals surface area contributed by atoms with E-state index in [1.807, 2.05) is 18.2 Å². The maximum atomic E-state index is 11.8. The van der Waals surface area contributed by atoms with Gasteiger partial charge in [-0.1, -0.05) is 23.4 Å². The number of oxime groups is 1. The molecule has 0 saturated heterocycles. The molecule has 1 aromatic rings. The molecule has 7 heteroatoms. The van der Waals surface area contributed by atoms with Crippen LogP contribution in [-0.2, 0) is 21.0 Å². The van der Waals surface area contributed by atoms with E-state index in [-0.39, 0.29) is 18.7 Å². The maximum absolute atomic E-state index is 11.8. The molecule has 1 aliphatic rings. The highest BCUT2D eigenvalue weighted by molar-refractivity contribution is 6.36. The minimum absolute atomic E-state index is 0.0346. The Kier molecular flexibility index (Phi) is 4.19. The van der Waals surface area contributed by atoms with Crippen LogP contribution in [-0.4, -0.2) is 35.9 Å². The van der Waals surface area contributed by atoms with E-state index >= 15 is 0 Å². The third-order valence-electron chi connectivity index (χ3n) is 2.85. The van der Waals surface area contributed by atoms with Crippen molar-refractivity contribution in [2.24, 2.45) is 5.16 Å². The van der Waals surface area contributed by atoms with Gasteiger partial charge in [-0.2, -0.15) is 0 Å². The Hall–Kier alpha value is -2.57. The van der Waals surface area contributed by atoms with Gasteiger partial charge in [0.25, 0.3) is 5.91 Å². The van der Waals surface area contributed by atoms with Gasteiger partial charge in [0.15, 0.2) is 5.71 Å². The molecule has 1 aromatic carbocycles. The van der Waals surface area contributed by atoms with E-state index < -0.39 is 18.0 Å². The van der Waals surface area contributed by atoms with Crippen LogP contribution in [0, 0.1) is 0 Å². The van der Waals surface area contributed by atoms with Crippen LogP contribution in [0.4, 0.5) is 0 Å². The first-order valence-corrected chi connectivity index (χ1v) is 5.97. The monoisotopic (exact) mass is 278 g/mol. The first kappa shape index (κ1) is 13.9. The van der Waals surface area contributed by atoms with Gasteiger partial charge in [0.1, 0.15) is 5.75 Å². The second-order valence-corrected chi connectivity index (χ2v) is 4.17. The van der Waals surface area contributed by atoms with Crippen molar-refractivity contribution in [3.63, 3.8) is 0 Å². The van der Waals surface area contributed by atoms with Gasteiger partial charge in [-0.05, 0) is 6.07 Å². The Morgan fingerprint density at radius 1 is 1.50 bits per heavy atom. The lowest BCUT2D eigenvalue weighted by atomic mass is 10.1. The topological polar surface area (TPSA) is 97.2 Å². The summed E-state index contributed by atoms with van der Waals surface area (Å²) in [6, 6.07) is 7.28. The second kappa shape index (κ2) is 6.05. The van der Waals surface area contributed by atoms with Crippen molar-refractivity contribution >= 4 is 17.6 Å². The Balaban J connectivity index is 1.89. The van der Waals surface area contributed by atoms with Crippen molar-refractivity contribution in [3.8, 4) is 5.75 Å². The quantitative estimate of drug-likeness (QED) is 0.819. The van der Waals surface area contributed by atoms with E-state index in [1.54, 1.807) is 13.2 Å². The predicted molar refractivity (Wildman–Crippen MR) is 69.4 cm³/mol. The Morgan fingerprint density at radius 2 is 2.25 bits per heavy atom. The highest BCUT2D eigenvalue weighted by Gasteiger charge is 2.31. The first-order chi connectivity index (χ1) is 9.61. The number of aliphatic carboxylic acids is 1. The van der Waals surface area contributed by atoms with Crippen LogP contribution in [0.25, 0.3) is 0 Å². The molecule has 1 amide bonds. The lowest BCUT2D eigenvalue weighted by molar-refractivity contribution is -0.131. The van der Waals surface area contributed by atoms with E-state index in [0.717, 1.165) is 5.56 Å². The van der Waals surface area contributed by atoms with Crippen LogP contribution in [0.3, 0.4) is 0 Å². The summed E-state index contributed by atoms with van der Waals surface area (Å²) < 4.78 is 5.17. The standard InChI is InChI=1S/C13H14N2O5/c1-19-10-5-3-2-4-8(10)7-14-12(16)11-6-9(13(17)18)15-20-11/h2-5,11H,6-7H2,1H3,(H,14,16)(H,17,18). The number of para-hydroxylation sites is 1. The van der Waals surface area contributed by atoms with Gasteiger partial charge >= 0.3 is 5.97 Å². The number of benzene rings is 1. The summed E-state index contributed by atoms with van der Waals surface area (Å²) in [6.45, 7) is 0.269. The SMILES string of the molecule is COc1ccccc1CNC(=O)C1CC(C(=O)O)=NO1. The molecule has 20 heavy (non-hydrogen) atoms. The summed E-state index contributed by atoms with van der Waals surface area (Å²) in [5.41, 5.74) is 0.670. The molecule has 1 unspecified atom stereocenters. The van der Waals surface area contributed by atoms with Gasteiger partial charge < -0.3 is 20.0 Å². The number of carbonyl (C=O) groups excluding carboxylic acids is 1. The number of carbonyl (C=O) groups is 2. The first-order valence-electron chi connectivity index (χ1n) is 5.97. The van der Waals surface area contributed by atoms with E-state index in [9.17, 15) is 9.59 Å². The Bertz CT molecular complexity index is 555. The molecule has 1 heterocycles. The molecule has 2 rings (SSSR count). The second-order valence-electron chi connectivity index (χ2n) is 4.17. The molecule has 7 nitrogen and oxygen atoms in total. The third kappa shape index (κ3) is 3.05. The van der Waals surface area contributed by atoms with Crippen LogP contribution in [0.1, 0.15) is 12.0 Å². The normalized spacial score (nSPS) is 17.1. The maximum Gasteiger partial charge on any atom is 0.353 e. The molecule has 0 fully saturated rings. The zero-order valence-electron chi connectivity index (χ0n) is 10.8. The molecular formula is C13H14N2O5. The smallest absolute Gasteiger partial charge is 0.353 e. The molecule has 0 radical (unpaired) electrons. The fourth-order valence-electron chi connectivity index (χ4n) is 1.79. The van der Waals surface area contributed by atoms with Crippen LogP contribution in [0.15, 0.2) is 29.4 Å². The van der Waals surface area contributed by atoms with E-state index in [1.165, 1.54) is 0 Å². The van der Waals surface area contributed by atoms with E-state index in [2.05, 4.69) is 10.5 Å². The minimum atomic E-state index is -1.18. The van der Waals surface area contributed by atoms with Crippen LogP contribution in [0.2, 0.25) is 0 Å². The number of carboxylic acids is 1. The number of amides is 1. The van der Waals surface area contributed by atoms with Gasteiger partial charge in [-0.15, -0.1) is 0 Å². The fraction of sp³-hybridized carbons (Fsp3) is 0.308. The molecule has 0 spiro atoms. The van der Waals surface area contributed by atoms with Crippen molar-refractivity contribution in [3.05, 3.63) is 29.8 Å². The number of rotatable bonds is 5. The van der Waals surface area contributed by atoms with Crippen LogP contribution < -0.4 is 10.1 Å². The molecule has 1 aliphatic heterocycles. The van der Waals surface area contributed by atoms with Gasteiger partial charge in [0, 0.05) is 18.5 Å². The molecule has 0 aromatic heterocycles. The van der Waals surface area contributed by atoms with Crippen molar-refractivity contribution in [1.82, 2.24) is 5.32 Å². The van der Waals surface area contributed by atoms with Crippen molar-refractivity contribution < 1.29 is 24.3 Å². The third-order valence-corrected chi connectivity index (χ3v) is 2.85. The summed E-state index contributed by atoms with van der Waals surface area (Å²) >= 11 is 0. The lowest BCUT2D eigenvalue weighted by Crippen LogP contribution is -2.34. The average molecular weight is 278 g/mol. The number of carboxylic acid groups (broad SMARTS) is 1. The van der Waals surface area contributed by atoms with Crippen molar-refractivity contribution in [1.29, 1.82) is 0 Å². The fourth-order valence-corrected chi connectivity index (χ4v) is 1.79. The number of hydrogen-bond donors (Lipinski definition) is 2. The zero-order valence-corrected chi connectivity index (χ0v) is 10.8. The molecule has 0 saturated carbocycles. The molecule has 106 valence electrons. The Labute approximate surface area is 115 Å². The number of nitrogens with zero attached hydrogens (tertiary/aromatic N) is 1. The largest absolute Gasteiger partial charge is 0.496 e. The number of hydrogen-bond acceptors (Lipinski definition) is 5. The highest BCUT2D eigenvalue weighted by Crippen LogP contribution is 2.17. The summed E-state index contributed by atoms with van der Waals surface area (Å²) in [4.78, 5) is 27.3. The van der Waals surface area contributed by atoms with E-state index in [4.69, 9.17) is 14.7 Å². The highest BCUT2D eigenvalue weighted by atomic mass is 16.6. The lowest BCUT2D eigenvalue weighted by Gasteiger charge is -2.11. The Morgan fingerprint density at radius 3 is 2.90 bits per heavy atom. The van der Waals surface area contributed by atoms with Gasteiger partial charge in [0.2, 0.25) is 6.10 Å². The minimum Gasteiger partial charge on any atom is -0.496 e. The summed E-state index contributed by atoms with van der Waals surface area (Å²) in [7, 11) is 1.55. The van der Waals surface area contributed by atoms with Crippen LogP contribution >= 0.6 is 0 Å². The zero-order chi connectivity index (χ0) is 14.5. The summed E-state index contributed by atoms with van der Waals surface area (Å²) in [5, 5.41) is 14.8. The summed E-state index contributed by atoms with van der Waals surface area (Å²) in [6.07, 6.45) is -0.927. The van der Waals surface area contributed by atoms with E-state index in [0.29, 0.717) is 5.75 Å². The van der Waals surface area contributed by atoms with Gasteiger partial charge in [0.05, 0.1) is 7.11 Å². The number of ether oxygens (including phenoxy) is 1. The molecule has 1 atom stereocenters. The average Bonchev–Trinajstić information content (AvgIpc) is 2.95. The number of methoxy groups -OCH3 is 1. The predicted octanol–water partition coefficient (Wildman–Crippen LogP) is 0.541. The van der Waals surface area contributed by atoms with Crippen LogP contribution in [0.5, 0.6) is 5.75 Å².